The Bertz CT molecular complexity index is 2110. The van der Waals surface area contributed by atoms with Gasteiger partial charge in [-0.2, -0.15) is 20.0 Å². The average molecular weight is 738 g/mol. The lowest BCUT2D eigenvalue weighted by molar-refractivity contribution is 0.498. The zero-order chi connectivity index (χ0) is 36.4. The number of aromatic nitrogens is 6. The van der Waals surface area contributed by atoms with Gasteiger partial charge in [-0.15, -0.1) is 11.8 Å². The van der Waals surface area contributed by atoms with E-state index in [0.29, 0.717) is 17.1 Å². The van der Waals surface area contributed by atoms with E-state index in [1.54, 1.807) is 0 Å². The molecule has 6 heterocycles. The van der Waals surface area contributed by atoms with Crippen LogP contribution in [0.15, 0.2) is 102 Å². The number of aromatic amines is 2. The second-order valence-electron chi connectivity index (χ2n) is 15.4. The Hall–Kier alpha value is -4.96. The molecule has 278 valence electrons. The fourth-order valence-corrected chi connectivity index (χ4v) is 10.1. The molecule has 3 saturated heterocycles. The summed E-state index contributed by atoms with van der Waals surface area (Å²) in [6, 6.07) is 33.8. The highest BCUT2D eigenvalue weighted by atomic mass is 32.2. The standard InChI is InChI=1S/C44H51N9S/c1-31-29-42(53(49-31)44-43(32(2)46-48-44)52-25-18-35(19-26-52)33-7-4-3-5-8-33)51-23-16-36(17-24-51)38-10-6-9-37(30-38)34-11-13-39(14-12-34)54-40-20-27-50(28-21-40)41-15-22-45-47-41/h3-15,22,29-30,35-36,40H,16-21,23-28H2,1-2H3,(H,45,47)(H,46,48). The van der Waals surface area contributed by atoms with Gasteiger partial charge in [0, 0.05) is 61.5 Å². The van der Waals surface area contributed by atoms with Crippen LogP contribution in [0.25, 0.3) is 16.9 Å². The second kappa shape index (κ2) is 15.4. The number of aryl methyl sites for hydroxylation is 2. The van der Waals surface area contributed by atoms with Gasteiger partial charge in [-0.1, -0.05) is 66.7 Å². The lowest BCUT2D eigenvalue weighted by Gasteiger charge is -2.35. The van der Waals surface area contributed by atoms with Gasteiger partial charge in [0.15, 0.2) is 5.82 Å². The van der Waals surface area contributed by atoms with Crippen LogP contribution in [0, 0.1) is 13.8 Å². The van der Waals surface area contributed by atoms with E-state index in [1.807, 2.05) is 18.0 Å². The molecular weight excluding hydrogens is 687 g/mol. The molecule has 6 aromatic rings. The summed E-state index contributed by atoms with van der Waals surface area (Å²) in [5, 5.41) is 21.0. The maximum atomic E-state index is 5.03. The van der Waals surface area contributed by atoms with Crippen molar-refractivity contribution >= 4 is 29.1 Å². The van der Waals surface area contributed by atoms with Crippen LogP contribution in [0.4, 0.5) is 17.3 Å². The van der Waals surface area contributed by atoms with Crippen LogP contribution in [0.5, 0.6) is 0 Å². The Morgan fingerprint density at radius 2 is 1.31 bits per heavy atom. The fraction of sp³-hybridized carbons (Fsp3) is 0.386. The molecule has 3 aromatic carbocycles. The van der Waals surface area contributed by atoms with Crippen molar-refractivity contribution in [1.29, 1.82) is 0 Å². The number of hydrogen-bond donors (Lipinski definition) is 2. The number of nitrogens with zero attached hydrogens (tertiary/aromatic N) is 7. The summed E-state index contributed by atoms with van der Waals surface area (Å²) < 4.78 is 2.13. The Balaban J connectivity index is 0.830. The van der Waals surface area contributed by atoms with E-state index in [1.165, 1.54) is 45.7 Å². The first-order chi connectivity index (χ1) is 26.6. The van der Waals surface area contributed by atoms with Gasteiger partial charge in [0.05, 0.1) is 17.6 Å². The summed E-state index contributed by atoms with van der Waals surface area (Å²) >= 11 is 2.03. The van der Waals surface area contributed by atoms with Crippen molar-refractivity contribution in [3.63, 3.8) is 0 Å². The van der Waals surface area contributed by atoms with E-state index < -0.39 is 0 Å². The lowest BCUT2D eigenvalue weighted by atomic mass is 9.88. The Morgan fingerprint density at radius 1 is 0.630 bits per heavy atom. The van der Waals surface area contributed by atoms with Gasteiger partial charge in [0.2, 0.25) is 0 Å². The SMILES string of the molecule is Cc1cc(N2CCC(c3cccc(-c4ccc(SC5CCN(c6ccn[nH]6)CC5)cc4)c3)CC2)n(-c2[nH]nc(C)c2N2CCC(c3ccccc3)CC2)n1. The van der Waals surface area contributed by atoms with E-state index in [-0.39, 0.29) is 0 Å². The zero-order valence-electron chi connectivity index (χ0n) is 31.5. The molecule has 0 amide bonds. The first-order valence-corrected chi connectivity index (χ1v) is 20.7. The van der Waals surface area contributed by atoms with Crippen LogP contribution < -0.4 is 14.7 Å². The molecule has 10 heteroatoms. The molecule has 0 radical (unpaired) electrons. The molecule has 9 nitrogen and oxygen atoms in total. The summed E-state index contributed by atoms with van der Waals surface area (Å²) in [7, 11) is 0. The van der Waals surface area contributed by atoms with Gasteiger partial charge < -0.3 is 14.7 Å². The van der Waals surface area contributed by atoms with Gasteiger partial charge in [-0.05, 0) is 98.6 Å². The monoisotopic (exact) mass is 737 g/mol. The average Bonchev–Trinajstić information content (AvgIpc) is 4.00. The number of anilines is 3. The van der Waals surface area contributed by atoms with E-state index in [0.717, 1.165) is 93.8 Å². The number of benzene rings is 3. The maximum absolute atomic E-state index is 5.03. The molecule has 0 aliphatic carbocycles. The predicted octanol–water partition coefficient (Wildman–Crippen LogP) is 9.13. The van der Waals surface area contributed by atoms with Crippen LogP contribution in [0.1, 0.15) is 72.9 Å². The lowest BCUT2D eigenvalue weighted by Crippen LogP contribution is -2.35. The number of thioether (sulfide) groups is 1. The topological polar surface area (TPSA) is 84.9 Å². The number of piperidine rings is 3. The molecule has 3 aliphatic heterocycles. The van der Waals surface area contributed by atoms with Crippen molar-refractivity contribution in [2.24, 2.45) is 0 Å². The molecular formula is C44H51N9S. The summed E-state index contributed by atoms with van der Waals surface area (Å²) in [4.78, 5) is 8.82. The third-order valence-electron chi connectivity index (χ3n) is 11.9. The Morgan fingerprint density at radius 3 is 2.04 bits per heavy atom. The Kier molecular flexibility index (Phi) is 9.93. The summed E-state index contributed by atoms with van der Waals surface area (Å²) in [6.45, 7) is 10.4. The molecule has 0 spiro atoms. The largest absolute Gasteiger partial charge is 0.367 e. The van der Waals surface area contributed by atoms with Crippen molar-refractivity contribution in [2.45, 2.75) is 74.4 Å². The number of rotatable bonds is 9. The van der Waals surface area contributed by atoms with Crippen molar-refractivity contribution in [3.8, 4) is 16.9 Å². The van der Waals surface area contributed by atoms with Crippen LogP contribution in [-0.2, 0) is 0 Å². The number of nitrogens with one attached hydrogen (secondary N) is 2. The summed E-state index contributed by atoms with van der Waals surface area (Å²) in [5.41, 5.74) is 8.77. The van der Waals surface area contributed by atoms with E-state index in [9.17, 15) is 0 Å². The van der Waals surface area contributed by atoms with E-state index in [4.69, 9.17) is 10.2 Å². The molecule has 3 fully saturated rings. The highest BCUT2D eigenvalue weighted by molar-refractivity contribution is 8.00. The molecule has 0 atom stereocenters. The van der Waals surface area contributed by atoms with Crippen molar-refractivity contribution in [3.05, 3.63) is 120 Å². The third-order valence-corrected chi connectivity index (χ3v) is 13.3. The van der Waals surface area contributed by atoms with Gasteiger partial charge >= 0.3 is 0 Å². The van der Waals surface area contributed by atoms with Crippen LogP contribution in [-0.4, -0.2) is 74.7 Å². The third kappa shape index (κ3) is 7.28. The highest BCUT2D eigenvalue weighted by Crippen LogP contribution is 2.38. The molecule has 3 aromatic heterocycles. The molecule has 9 rings (SSSR count). The van der Waals surface area contributed by atoms with Crippen molar-refractivity contribution < 1.29 is 0 Å². The predicted molar refractivity (Wildman–Crippen MR) is 222 cm³/mol. The number of H-pyrrole nitrogens is 2. The van der Waals surface area contributed by atoms with Crippen LogP contribution in [0.3, 0.4) is 0 Å². The molecule has 2 N–H and O–H groups in total. The Labute approximate surface area is 323 Å². The van der Waals surface area contributed by atoms with Crippen LogP contribution in [0.2, 0.25) is 0 Å². The quantitative estimate of drug-likeness (QED) is 0.153. The maximum Gasteiger partial charge on any atom is 0.175 e. The van der Waals surface area contributed by atoms with Crippen molar-refractivity contribution in [2.75, 3.05) is 54.0 Å². The molecule has 3 aliphatic rings. The first kappa shape index (κ1) is 34.8. The van der Waals surface area contributed by atoms with E-state index >= 15 is 0 Å². The zero-order valence-corrected chi connectivity index (χ0v) is 32.3. The minimum absolute atomic E-state index is 0.539. The van der Waals surface area contributed by atoms with Gasteiger partial charge in [0.1, 0.15) is 17.3 Å². The van der Waals surface area contributed by atoms with E-state index in [2.05, 4.69) is 140 Å². The van der Waals surface area contributed by atoms with Crippen LogP contribution >= 0.6 is 11.8 Å². The molecule has 0 bridgehead atoms. The molecule has 0 unspecified atom stereocenters. The number of hydrogen-bond acceptors (Lipinski definition) is 7. The smallest absolute Gasteiger partial charge is 0.175 e. The summed E-state index contributed by atoms with van der Waals surface area (Å²) in [6.07, 6.45) is 8.73. The van der Waals surface area contributed by atoms with Crippen molar-refractivity contribution in [1.82, 2.24) is 30.2 Å². The highest BCUT2D eigenvalue weighted by Gasteiger charge is 2.29. The minimum atomic E-state index is 0.539. The summed E-state index contributed by atoms with van der Waals surface area (Å²) in [5.74, 6) is 4.43. The first-order valence-electron chi connectivity index (χ1n) is 19.8. The normalized spacial score (nSPS) is 17.8. The van der Waals surface area contributed by atoms with Gasteiger partial charge in [-0.3, -0.25) is 10.2 Å². The van der Waals surface area contributed by atoms with Gasteiger partial charge in [-0.25, -0.2) is 0 Å². The minimum Gasteiger partial charge on any atom is -0.367 e. The molecule has 0 saturated carbocycles. The molecule has 54 heavy (non-hydrogen) atoms. The van der Waals surface area contributed by atoms with Gasteiger partial charge in [0.25, 0.3) is 0 Å². The fourth-order valence-electron chi connectivity index (χ4n) is 8.95. The second-order valence-corrected chi connectivity index (χ2v) is 16.8.